The fourth-order valence-corrected chi connectivity index (χ4v) is 3.77. The highest BCUT2D eigenvalue weighted by atomic mass is 32.2. The van der Waals surface area contributed by atoms with Gasteiger partial charge in [-0.1, -0.05) is 6.07 Å². The number of nitrogens with two attached hydrogens (primary N) is 1. The predicted molar refractivity (Wildman–Crippen MR) is 82.4 cm³/mol. The van der Waals surface area contributed by atoms with Gasteiger partial charge in [0, 0.05) is 24.2 Å². The first kappa shape index (κ1) is 14.4. The summed E-state index contributed by atoms with van der Waals surface area (Å²) in [5.41, 5.74) is 7.63. The maximum absolute atomic E-state index is 12.5. The topological polar surface area (TPSA) is 85.1 Å². The molecule has 1 aromatic heterocycles. The number of sulfonamides is 1. The molecule has 5 nitrogen and oxygen atoms in total. The van der Waals surface area contributed by atoms with Crippen LogP contribution in [0.15, 0.2) is 35.4 Å². The lowest BCUT2D eigenvalue weighted by molar-refractivity contribution is 0.548. The van der Waals surface area contributed by atoms with Crippen LogP contribution in [0.2, 0.25) is 0 Å². The number of pyridine rings is 1. The minimum absolute atomic E-state index is 0.102. The smallest absolute Gasteiger partial charge is 0.241 e. The van der Waals surface area contributed by atoms with E-state index in [1.54, 1.807) is 30.5 Å². The molecule has 1 fully saturated rings. The van der Waals surface area contributed by atoms with Crippen LogP contribution in [0.3, 0.4) is 0 Å². The Morgan fingerprint density at radius 1 is 1.38 bits per heavy atom. The monoisotopic (exact) mass is 305 g/mol. The number of hydrogen-bond acceptors (Lipinski definition) is 4. The van der Waals surface area contributed by atoms with Crippen molar-refractivity contribution in [1.82, 2.24) is 9.71 Å². The number of rotatable bonds is 5. The maximum atomic E-state index is 12.5. The van der Waals surface area contributed by atoms with Crippen molar-refractivity contribution in [1.29, 1.82) is 0 Å². The summed E-state index contributed by atoms with van der Waals surface area (Å²) in [4.78, 5) is 4.53. The third-order valence-electron chi connectivity index (χ3n) is 3.96. The number of nitrogens with one attached hydrogen (secondary N) is 1. The van der Waals surface area contributed by atoms with Crippen molar-refractivity contribution in [2.24, 2.45) is 11.7 Å². The highest BCUT2D eigenvalue weighted by molar-refractivity contribution is 7.89. The summed E-state index contributed by atoms with van der Waals surface area (Å²) in [7, 11) is -3.57. The second kappa shape index (κ2) is 5.36. The van der Waals surface area contributed by atoms with Crippen molar-refractivity contribution in [3.63, 3.8) is 0 Å². The maximum Gasteiger partial charge on any atom is 0.241 e. The number of aryl methyl sites for hydroxylation is 1. The first-order valence-corrected chi connectivity index (χ1v) is 8.57. The van der Waals surface area contributed by atoms with E-state index in [2.05, 4.69) is 9.71 Å². The van der Waals surface area contributed by atoms with Gasteiger partial charge in [0.1, 0.15) is 0 Å². The number of fused-ring (bicyclic) bond motifs is 1. The number of nitrogens with zero attached hydrogens (tertiary/aromatic N) is 1. The van der Waals surface area contributed by atoms with Crippen LogP contribution >= 0.6 is 0 Å². The Morgan fingerprint density at radius 3 is 2.86 bits per heavy atom. The van der Waals surface area contributed by atoms with Crippen LogP contribution in [0, 0.1) is 12.8 Å². The first-order chi connectivity index (χ1) is 9.99. The van der Waals surface area contributed by atoms with E-state index < -0.39 is 10.0 Å². The molecular weight excluding hydrogens is 286 g/mol. The van der Waals surface area contributed by atoms with Crippen LogP contribution in [-0.2, 0) is 10.0 Å². The molecule has 2 aromatic rings. The average molecular weight is 305 g/mol. The van der Waals surface area contributed by atoms with Crippen LogP contribution in [-0.4, -0.2) is 26.0 Å². The molecule has 0 radical (unpaired) electrons. The molecule has 0 amide bonds. The van der Waals surface area contributed by atoms with Gasteiger partial charge in [-0.05, 0) is 49.4 Å². The van der Waals surface area contributed by atoms with E-state index in [0.29, 0.717) is 16.8 Å². The largest absolute Gasteiger partial charge is 0.326 e. The van der Waals surface area contributed by atoms with Gasteiger partial charge in [0.15, 0.2) is 0 Å². The second-order valence-electron chi connectivity index (χ2n) is 5.63. The summed E-state index contributed by atoms with van der Waals surface area (Å²) in [6.07, 6.45) is 3.86. The molecule has 3 N–H and O–H groups in total. The molecule has 6 heteroatoms. The van der Waals surface area contributed by atoms with Crippen LogP contribution in [0.5, 0.6) is 0 Å². The molecule has 1 aromatic carbocycles. The Labute approximate surface area is 124 Å². The lowest BCUT2D eigenvalue weighted by atomic mass is 10.1. The van der Waals surface area contributed by atoms with E-state index in [0.717, 1.165) is 18.4 Å². The minimum atomic E-state index is -3.57. The average Bonchev–Trinajstić information content (AvgIpc) is 3.30. The lowest BCUT2D eigenvalue weighted by Crippen LogP contribution is -2.38. The summed E-state index contributed by atoms with van der Waals surface area (Å²) in [6.45, 7) is 2.20. The third-order valence-corrected chi connectivity index (χ3v) is 5.44. The highest BCUT2D eigenvalue weighted by Gasteiger charge is 2.29. The Kier molecular flexibility index (Phi) is 3.69. The molecule has 0 spiro atoms. The Balaban J connectivity index is 1.93. The first-order valence-electron chi connectivity index (χ1n) is 7.08. The summed E-state index contributed by atoms with van der Waals surface area (Å²) < 4.78 is 27.6. The molecule has 3 rings (SSSR count). The van der Waals surface area contributed by atoms with Gasteiger partial charge in [-0.15, -0.1) is 0 Å². The Hall–Kier alpha value is -1.50. The van der Waals surface area contributed by atoms with Gasteiger partial charge >= 0.3 is 0 Å². The van der Waals surface area contributed by atoms with Gasteiger partial charge in [-0.3, -0.25) is 4.98 Å². The zero-order chi connectivity index (χ0) is 15.0. The van der Waals surface area contributed by atoms with Crippen molar-refractivity contribution >= 4 is 20.9 Å². The van der Waals surface area contributed by atoms with E-state index in [1.165, 1.54) is 0 Å². The molecule has 1 aliphatic carbocycles. The van der Waals surface area contributed by atoms with Gasteiger partial charge in [-0.2, -0.15) is 0 Å². The van der Waals surface area contributed by atoms with Crippen molar-refractivity contribution in [3.05, 3.63) is 36.0 Å². The van der Waals surface area contributed by atoms with Crippen molar-refractivity contribution in [3.8, 4) is 0 Å². The molecule has 0 aliphatic heterocycles. The van der Waals surface area contributed by atoms with Crippen molar-refractivity contribution in [2.45, 2.75) is 30.7 Å². The summed E-state index contributed by atoms with van der Waals surface area (Å²) >= 11 is 0. The van der Waals surface area contributed by atoms with Gasteiger partial charge in [0.2, 0.25) is 10.0 Å². The second-order valence-corrected chi connectivity index (χ2v) is 7.37. The number of hydrogen-bond donors (Lipinski definition) is 2. The number of aromatic nitrogens is 1. The zero-order valence-corrected chi connectivity index (χ0v) is 12.7. The fourth-order valence-electron chi connectivity index (χ4n) is 2.50. The molecule has 1 saturated carbocycles. The van der Waals surface area contributed by atoms with Crippen molar-refractivity contribution in [2.75, 3.05) is 6.54 Å². The van der Waals surface area contributed by atoms with Gasteiger partial charge in [0.05, 0.1) is 10.4 Å². The molecule has 1 aliphatic rings. The van der Waals surface area contributed by atoms with Gasteiger partial charge < -0.3 is 5.73 Å². The van der Waals surface area contributed by atoms with Crippen LogP contribution in [0.25, 0.3) is 10.9 Å². The standard InChI is InChI=1S/C15H19N3O2S/c1-10-4-7-14(12-3-2-8-17-15(10)12)21(19,20)18-9-13(16)11-5-6-11/h2-4,7-8,11,13,18H,5-6,9,16H2,1H3. The fraction of sp³-hybridized carbons (Fsp3) is 0.400. The molecule has 21 heavy (non-hydrogen) atoms. The third kappa shape index (κ3) is 2.92. The van der Waals surface area contributed by atoms with Gasteiger partial charge in [0.25, 0.3) is 0 Å². The van der Waals surface area contributed by atoms with Crippen LogP contribution in [0.4, 0.5) is 0 Å². The molecule has 112 valence electrons. The van der Waals surface area contributed by atoms with Crippen molar-refractivity contribution < 1.29 is 8.42 Å². The lowest BCUT2D eigenvalue weighted by Gasteiger charge is -2.14. The Bertz CT molecular complexity index is 770. The van der Waals surface area contributed by atoms with E-state index >= 15 is 0 Å². The quantitative estimate of drug-likeness (QED) is 0.878. The predicted octanol–water partition coefficient (Wildman–Crippen LogP) is 1.56. The van der Waals surface area contributed by atoms with E-state index in [4.69, 9.17) is 5.73 Å². The Morgan fingerprint density at radius 2 is 2.14 bits per heavy atom. The molecule has 1 heterocycles. The molecule has 1 unspecified atom stereocenters. The minimum Gasteiger partial charge on any atom is -0.326 e. The van der Waals surface area contributed by atoms with Crippen LogP contribution in [0.1, 0.15) is 18.4 Å². The van der Waals surface area contributed by atoms with E-state index in [-0.39, 0.29) is 17.5 Å². The molecule has 0 bridgehead atoms. The summed E-state index contributed by atoms with van der Waals surface area (Å²) in [6, 6.07) is 6.84. The van der Waals surface area contributed by atoms with E-state index in [1.807, 2.05) is 6.92 Å². The van der Waals surface area contributed by atoms with Gasteiger partial charge in [-0.25, -0.2) is 13.1 Å². The summed E-state index contributed by atoms with van der Waals surface area (Å²) in [5.74, 6) is 0.462. The number of benzene rings is 1. The van der Waals surface area contributed by atoms with E-state index in [9.17, 15) is 8.42 Å². The van der Waals surface area contributed by atoms with Crippen LogP contribution < -0.4 is 10.5 Å². The normalized spacial score (nSPS) is 17.0. The molecule has 0 saturated heterocycles. The zero-order valence-electron chi connectivity index (χ0n) is 11.9. The highest BCUT2D eigenvalue weighted by Crippen LogP contribution is 2.31. The molecule has 1 atom stereocenters. The molecular formula is C15H19N3O2S. The SMILES string of the molecule is Cc1ccc(S(=O)(=O)NCC(N)C2CC2)c2cccnc12. The summed E-state index contributed by atoms with van der Waals surface area (Å²) in [5, 5.41) is 0.644.